The van der Waals surface area contributed by atoms with E-state index in [4.69, 9.17) is 5.11 Å². The molecule has 0 bridgehead atoms. The standard InChI is InChI=1S/C3H7AsO2/c1-2(5)3(4)6/h2,5H,4H2,1H3. The zero-order valence-electron chi connectivity index (χ0n) is 3.51. The van der Waals surface area contributed by atoms with Crippen molar-refractivity contribution in [3.63, 3.8) is 0 Å². The molecule has 0 fully saturated rings. The van der Waals surface area contributed by atoms with Crippen LogP contribution >= 0.6 is 0 Å². The zero-order valence-corrected chi connectivity index (χ0v) is 5.93. The van der Waals surface area contributed by atoms with Gasteiger partial charge in [0, 0.05) is 0 Å². The van der Waals surface area contributed by atoms with Crippen LogP contribution in [0.25, 0.3) is 0 Å². The molecule has 0 saturated heterocycles. The molecule has 0 aliphatic carbocycles. The van der Waals surface area contributed by atoms with Crippen LogP contribution in [0.4, 0.5) is 0 Å². The Balaban J connectivity index is 3.26. The van der Waals surface area contributed by atoms with Crippen LogP contribution in [0.5, 0.6) is 0 Å². The van der Waals surface area contributed by atoms with E-state index >= 15 is 0 Å². The first-order valence-corrected chi connectivity index (χ1v) is 2.83. The van der Waals surface area contributed by atoms with Crippen molar-refractivity contribution in [3.05, 3.63) is 0 Å². The molecule has 0 aliphatic heterocycles. The van der Waals surface area contributed by atoms with Gasteiger partial charge in [-0.15, -0.1) is 0 Å². The van der Waals surface area contributed by atoms with E-state index in [1.54, 1.807) is 0 Å². The normalized spacial score (nSPS) is 13.8. The van der Waals surface area contributed by atoms with Crippen molar-refractivity contribution in [2.75, 3.05) is 0 Å². The van der Waals surface area contributed by atoms with Crippen LogP contribution in [0.3, 0.4) is 0 Å². The van der Waals surface area contributed by atoms with Gasteiger partial charge < -0.3 is 0 Å². The molecule has 2 nitrogen and oxygen atoms in total. The van der Waals surface area contributed by atoms with E-state index in [9.17, 15) is 4.79 Å². The molecule has 0 radical (unpaired) electrons. The van der Waals surface area contributed by atoms with Gasteiger partial charge in [-0.05, 0) is 0 Å². The topological polar surface area (TPSA) is 37.3 Å². The fourth-order valence-corrected chi connectivity index (χ4v) is 0. The van der Waals surface area contributed by atoms with E-state index in [0.29, 0.717) is 0 Å². The molecule has 0 rings (SSSR count). The van der Waals surface area contributed by atoms with Gasteiger partial charge in [-0.1, -0.05) is 0 Å². The molecule has 0 aromatic heterocycles. The van der Waals surface area contributed by atoms with Crippen LogP contribution in [0.2, 0.25) is 0 Å². The summed E-state index contributed by atoms with van der Waals surface area (Å²) in [6, 6.07) is 0. The van der Waals surface area contributed by atoms with E-state index in [2.05, 4.69) is 0 Å². The number of aliphatic hydroxyl groups is 1. The molecule has 36 valence electrons. The van der Waals surface area contributed by atoms with Crippen molar-refractivity contribution in [1.29, 1.82) is 0 Å². The van der Waals surface area contributed by atoms with Crippen LogP contribution in [0.15, 0.2) is 0 Å². The summed E-state index contributed by atoms with van der Waals surface area (Å²) in [7, 11) is 0. The molecular formula is C3H7AsO2. The summed E-state index contributed by atoms with van der Waals surface area (Å²) in [4.78, 5) is 9.92. The van der Waals surface area contributed by atoms with E-state index in [-0.39, 0.29) is 4.57 Å². The van der Waals surface area contributed by atoms with Crippen LogP contribution in [0.1, 0.15) is 6.92 Å². The molecule has 0 heterocycles. The predicted octanol–water partition coefficient (Wildman–Crippen LogP) is -1.47. The minimum atomic E-state index is -0.759. The van der Waals surface area contributed by atoms with Crippen molar-refractivity contribution < 1.29 is 9.90 Å². The average molecular weight is 150 g/mol. The third-order valence-electron chi connectivity index (χ3n) is 0.412. The number of hydrogen-bond acceptors (Lipinski definition) is 2. The summed E-state index contributed by atoms with van der Waals surface area (Å²) in [6.45, 7) is 1.46. The predicted molar refractivity (Wildman–Crippen MR) is 25.2 cm³/mol. The Bertz CT molecular complexity index is 59.8. The van der Waals surface area contributed by atoms with Crippen LogP contribution in [-0.2, 0) is 4.79 Å². The van der Waals surface area contributed by atoms with Crippen molar-refractivity contribution in [2.24, 2.45) is 0 Å². The molecule has 2 atom stereocenters. The van der Waals surface area contributed by atoms with Gasteiger partial charge in [0.25, 0.3) is 0 Å². The number of carbonyl (C=O) groups excluding carboxylic acids is 1. The van der Waals surface area contributed by atoms with E-state index in [1.807, 2.05) is 0 Å². The van der Waals surface area contributed by atoms with Gasteiger partial charge in [-0.2, -0.15) is 0 Å². The SMILES string of the molecule is CC(O)C(=O)[AsH2]. The van der Waals surface area contributed by atoms with Gasteiger partial charge in [0.2, 0.25) is 0 Å². The maximum atomic E-state index is 9.92. The Kier molecular flexibility index (Phi) is 2.45. The monoisotopic (exact) mass is 150 g/mol. The summed E-state index contributed by atoms with van der Waals surface area (Å²) < 4.78 is -0.123. The third-order valence-corrected chi connectivity index (χ3v) is 1.42. The molecular weight excluding hydrogens is 143 g/mol. The first-order valence-electron chi connectivity index (χ1n) is 1.62. The van der Waals surface area contributed by atoms with Gasteiger partial charge in [-0.25, -0.2) is 0 Å². The quantitative estimate of drug-likeness (QED) is 0.463. The molecule has 0 aromatic carbocycles. The van der Waals surface area contributed by atoms with Crippen LogP contribution in [-0.4, -0.2) is 32.6 Å². The summed E-state index contributed by atoms with van der Waals surface area (Å²) in [5.74, 6) is 0. The fraction of sp³-hybridized carbons (Fsp3) is 0.667. The van der Waals surface area contributed by atoms with Gasteiger partial charge >= 0.3 is 44.4 Å². The summed E-state index contributed by atoms with van der Waals surface area (Å²) in [6.07, 6.45) is -0.759. The van der Waals surface area contributed by atoms with Crippen molar-refractivity contribution in [3.8, 4) is 0 Å². The molecule has 0 aliphatic rings. The Morgan fingerprint density at radius 1 is 2.00 bits per heavy atom. The molecule has 0 spiro atoms. The van der Waals surface area contributed by atoms with Crippen molar-refractivity contribution >= 4 is 21.4 Å². The second kappa shape index (κ2) is 2.38. The van der Waals surface area contributed by atoms with E-state index in [1.165, 1.54) is 6.92 Å². The minimum absolute atomic E-state index is 0.123. The van der Waals surface area contributed by atoms with Crippen molar-refractivity contribution in [2.45, 2.75) is 13.0 Å². The van der Waals surface area contributed by atoms with Gasteiger partial charge in [0.1, 0.15) is 0 Å². The number of rotatable bonds is 1. The second-order valence-corrected chi connectivity index (χ2v) is 2.27. The molecule has 3 heteroatoms. The summed E-state index contributed by atoms with van der Waals surface area (Å²) in [5, 5.41) is 8.30. The number of hydrogen-bond donors (Lipinski definition) is 1. The molecule has 1 N–H and O–H groups in total. The van der Waals surface area contributed by atoms with E-state index < -0.39 is 6.10 Å². The van der Waals surface area contributed by atoms with Crippen LogP contribution < -0.4 is 0 Å². The Labute approximate surface area is 45.0 Å². The van der Waals surface area contributed by atoms with E-state index in [0.717, 1.165) is 16.9 Å². The Morgan fingerprint density at radius 2 is 2.17 bits per heavy atom. The first-order chi connectivity index (χ1) is 2.64. The molecule has 6 heavy (non-hydrogen) atoms. The van der Waals surface area contributed by atoms with Gasteiger partial charge in [0.15, 0.2) is 0 Å². The molecule has 0 aromatic rings. The van der Waals surface area contributed by atoms with Gasteiger partial charge in [0.05, 0.1) is 0 Å². The Hall–Kier alpha value is 0.188. The molecule has 2 unspecified atom stereocenters. The number of carbonyl (C=O) groups is 1. The zero-order chi connectivity index (χ0) is 5.15. The first kappa shape index (κ1) is 6.19. The second-order valence-electron chi connectivity index (χ2n) is 1.08. The summed E-state index contributed by atoms with van der Waals surface area (Å²) >= 11 is 0.953. The molecule has 0 amide bonds. The molecule has 0 saturated carbocycles. The van der Waals surface area contributed by atoms with Crippen molar-refractivity contribution in [1.82, 2.24) is 0 Å². The van der Waals surface area contributed by atoms with Gasteiger partial charge in [-0.3, -0.25) is 0 Å². The third kappa shape index (κ3) is 2.43. The average Bonchev–Trinajstić information content (AvgIpc) is 1.36. The maximum absolute atomic E-state index is 9.92. The summed E-state index contributed by atoms with van der Waals surface area (Å²) in [5.41, 5.74) is 0. The Morgan fingerprint density at radius 3 is 2.17 bits per heavy atom. The fourth-order valence-electron chi connectivity index (χ4n) is 0. The number of aliphatic hydroxyl groups excluding tert-OH is 1. The van der Waals surface area contributed by atoms with Crippen LogP contribution in [0, 0.1) is 0 Å².